The molecule has 450 valence electrons. The number of aliphatic hydroxyl groups is 1. The minimum Gasteiger partial charge on any atom is -0.477 e. The highest BCUT2D eigenvalue weighted by Crippen LogP contribution is 2.45. The Labute approximate surface area is 475 Å². The van der Waals surface area contributed by atoms with Gasteiger partial charge in [-0.15, -0.1) is 0 Å². The molecule has 4 saturated heterocycles. The van der Waals surface area contributed by atoms with Crippen molar-refractivity contribution in [2.75, 3.05) is 66.9 Å². The summed E-state index contributed by atoms with van der Waals surface area (Å²) in [6, 6.07) is 3.19. The number of nitrogens with one attached hydrogen (secondary N) is 1. The smallest absolute Gasteiger partial charge is 0.477 e. The molecule has 18 atom stereocenters. The number of methoxy groups -OCH3 is 2. The number of carbonyl (C=O) groups is 4. The molecular formula is C58H89ClN4O17. The summed E-state index contributed by atoms with van der Waals surface area (Å²) in [6.07, 6.45) is -4.69. The standard InChI is InChI=1S/C58H89ClN4O17/c1-16-43-58(10)50(79-55(70)80-58)32(4)45(64)30(2)27-56(8,71-14)49(78-54-47(66)42(61(11)12)24-31(3)74-54)33(5)48(34(6)53(69)76-43)77-44-28-57(9,72-15)51(35(7)75-44)73-23-17-21-62(13)22-20-60-40-25-37-41(26-39(40)59)63(36-18-19-36)29-38(46(37)65)52(67)68/h25-26,29-36,42-44,47-51,54,60,66H,16-24,27-28H2,1-15H3,(H,67,68)/t30-,31-,32?,33+,34+,35-,42+,43-,44+,47+,48+,49-,50+,51+,54+,56+,57-,58-/m0/s1. The number of rotatable bonds is 19. The van der Waals surface area contributed by atoms with Crippen LogP contribution in [0.5, 0.6) is 0 Å². The maximum atomic E-state index is 14.8. The van der Waals surface area contributed by atoms with Crippen molar-refractivity contribution in [3.8, 4) is 0 Å². The molecule has 22 heteroatoms. The van der Waals surface area contributed by atoms with Crippen LogP contribution in [0.25, 0.3) is 10.9 Å². The fraction of sp³-hybridized carbons (Fsp3) is 0.776. The summed E-state index contributed by atoms with van der Waals surface area (Å²) in [5, 5.41) is 25.7. The average molecular weight is 1150 g/mol. The number of likely N-dealkylation sites (N-methyl/N-ethyl adjacent to an activating group) is 2. The van der Waals surface area contributed by atoms with Crippen molar-refractivity contribution in [2.45, 2.75) is 204 Å². The fourth-order valence-corrected chi connectivity index (χ4v) is 13.1. The highest BCUT2D eigenvalue weighted by Gasteiger charge is 2.60. The molecule has 3 N–H and O–H groups in total. The molecule has 1 unspecified atom stereocenters. The molecule has 5 aliphatic rings. The van der Waals surface area contributed by atoms with Crippen molar-refractivity contribution >= 4 is 52.1 Å². The van der Waals surface area contributed by atoms with Gasteiger partial charge in [0.1, 0.15) is 29.7 Å². The Morgan fingerprint density at radius 3 is 2.20 bits per heavy atom. The number of aliphatic hydroxyl groups excluding tert-OH is 1. The average Bonchev–Trinajstić information content (AvgIpc) is 4.26. The first kappa shape index (κ1) is 63.6. The molecule has 1 aromatic heterocycles. The first-order valence-electron chi connectivity index (χ1n) is 28.5. The molecule has 0 bridgehead atoms. The summed E-state index contributed by atoms with van der Waals surface area (Å²) in [4.78, 5) is 71.6. The Morgan fingerprint density at radius 1 is 0.900 bits per heavy atom. The molecule has 0 spiro atoms. The van der Waals surface area contributed by atoms with Crippen LogP contribution < -0.4 is 10.7 Å². The van der Waals surface area contributed by atoms with E-state index in [1.54, 1.807) is 53.9 Å². The lowest BCUT2D eigenvalue weighted by atomic mass is 9.74. The van der Waals surface area contributed by atoms with Gasteiger partial charge in [-0.2, -0.15) is 0 Å². The number of carboxylic acid groups (broad SMARTS) is 1. The summed E-state index contributed by atoms with van der Waals surface area (Å²) >= 11 is 6.71. The van der Waals surface area contributed by atoms with E-state index >= 15 is 0 Å². The molecule has 7 rings (SSSR count). The number of benzene rings is 1. The molecule has 0 amide bonds. The molecule has 4 aliphatic heterocycles. The van der Waals surface area contributed by atoms with Gasteiger partial charge in [-0.25, -0.2) is 9.59 Å². The number of carboxylic acids is 1. The molecule has 2 aromatic rings. The van der Waals surface area contributed by atoms with E-state index in [-0.39, 0.29) is 48.8 Å². The van der Waals surface area contributed by atoms with Crippen LogP contribution in [0.1, 0.15) is 131 Å². The number of carbonyl (C=O) groups excluding carboxylic acids is 3. The molecule has 21 nitrogen and oxygen atoms in total. The number of anilines is 1. The lowest BCUT2D eigenvalue weighted by Crippen LogP contribution is -2.61. The van der Waals surface area contributed by atoms with E-state index in [0.717, 1.165) is 12.8 Å². The molecule has 1 aliphatic carbocycles. The minimum absolute atomic E-state index is 0.117. The van der Waals surface area contributed by atoms with E-state index < -0.39 is 119 Å². The lowest BCUT2D eigenvalue weighted by molar-refractivity contribution is -0.322. The van der Waals surface area contributed by atoms with Gasteiger partial charge in [-0.3, -0.25) is 14.4 Å². The van der Waals surface area contributed by atoms with Gasteiger partial charge in [-0.05, 0) is 113 Å². The van der Waals surface area contributed by atoms with E-state index in [1.807, 2.05) is 65.2 Å². The predicted molar refractivity (Wildman–Crippen MR) is 297 cm³/mol. The number of pyridine rings is 1. The molecule has 1 saturated carbocycles. The van der Waals surface area contributed by atoms with Gasteiger partial charge in [0, 0.05) is 82.4 Å². The van der Waals surface area contributed by atoms with Gasteiger partial charge in [0.2, 0.25) is 5.43 Å². The van der Waals surface area contributed by atoms with E-state index in [4.69, 9.17) is 59.0 Å². The Morgan fingerprint density at radius 2 is 1.57 bits per heavy atom. The van der Waals surface area contributed by atoms with Gasteiger partial charge >= 0.3 is 18.1 Å². The molecule has 0 radical (unpaired) electrons. The van der Waals surface area contributed by atoms with Crippen molar-refractivity contribution in [1.82, 2.24) is 14.4 Å². The number of aromatic nitrogens is 1. The highest BCUT2D eigenvalue weighted by atomic mass is 35.5. The third-order valence-corrected chi connectivity index (χ3v) is 18.1. The summed E-state index contributed by atoms with van der Waals surface area (Å²) in [5.41, 5.74) is -3.39. The zero-order valence-corrected chi connectivity index (χ0v) is 50.2. The molecule has 5 heterocycles. The number of esters is 1. The first-order valence-corrected chi connectivity index (χ1v) is 28.9. The van der Waals surface area contributed by atoms with Gasteiger partial charge in [-0.1, -0.05) is 39.3 Å². The van der Waals surface area contributed by atoms with Gasteiger partial charge in [0.25, 0.3) is 0 Å². The van der Waals surface area contributed by atoms with Gasteiger partial charge in [0.15, 0.2) is 24.3 Å². The number of aromatic carboxylic acids is 1. The second-order valence-electron chi connectivity index (χ2n) is 24.1. The summed E-state index contributed by atoms with van der Waals surface area (Å²) in [7, 11) is 8.90. The number of ether oxygens (including phenoxy) is 10. The van der Waals surface area contributed by atoms with Crippen molar-refractivity contribution < 1.29 is 76.8 Å². The number of cyclic esters (lactones) is 1. The third-order valence-electron chi connectivity index (χ3n) is 17.8. The van der Waals surface area contributed by atoms with Crippen LogP contribution in [0.4, 0.5) is 10.5 Å². The molecule has 80 heavy (non-hydrogen) atoms. The Bertz CT molecular complexity index is 2580. The van der Waals surface area contributed by atoms with E-state index in [2.05, 4.69) is 10.2 Å². The monoisotopic (exact) mass is 1150 g/mol. The van der Waals surface area contributed by atoms with Crippen LogP contribution in [0.15, 0.2) is 23.1 Å². The van der Waals surface area contributed by atoms with Gasteiger partial charge < -0.3 is 77.3 Å². The Balaban J connectivity index is 1.07. The second kappa shape index (κ2) is 25.9. The minimum atomic E-state index is -1.51. The molecule has 5 fully saturated rings. The number of nitrogens with zero attached hydrogens (tertiary/aromatic N) is 3. The first-order chi connectivity index (χ1) is 37.6. The van der Waals surface area contributed by atoms with Crippen LogP contribution in [0.2, 0.25) is 5.02 Å². The maximum Gasteiger partial charge on any atom is 0.509 e. The lowest BCUT2D eigenvalue weighted by Gasteiger charge is -2.50. The predicted octanol–water partition coefficient (Wildman–Crippen LogP) is 7.08. The van der Waals surface area contributed by atoms with Crippen LogP contribution in [-0.4, -0.2) is 194 Å². The third kappa shape index (κ3) is 13.5. The SMILES string of the molecule is CC[C@@H]1OC(=O)[C@H](C)[C@H](O[C@@H]2C[C@](C)(OC)[C@H](OCCCN(C)CCNc3cc4c(=O)c(C(=O)O)cn(C5CC5)c4cc3Cl)[C@H](C)O2)[C@@H](C)[C@H](O[C@H]2O[C@@H](C)C[C@@H](N(C)C)[C@H]2O)[C@](C)(OC)C[C@H](C)C(=O)C(C)[C@H]2OC(=O)O[C@@]12C. The number of Topliss-reactive ketones (excluding diaryl/α,β-unsaturated/α-hetero) is 1. The van der Waals surface area contributed by atoms with Crippen LogP contribution in [0.3, 0.4) is 0 Å². The second-order valence-corrected chi connectivity index (χ2v) is 24.5. The zero-order chi connectivity index (χ0) is 58.9. The molecule has 1 aromatic carbocycles. The normalized spacial score (nSPS) is 37.5. The van der Waals surface area contributed by atoms with Crippen LogP contribution >= 0.6 is 11.6 Å². The number of hydrogen-bond acceptors (Lipinski definition) is 19. The quantitative estimate of drug-likeness (QED) is 0.0940. The van der Waals surface area contributed by atoms with Crippen LogP contribution in [-0.2, 0) is 57.0 Å². The summed E-state index contributed by atoms with van der Waals surface area (Å²) < 4.78 is 66.1. The van der Waals surface area contributed by atoms with Crippen molar-refractivity contribution in [1.29, 1.82) is 0 Å². The fourth-order valence-electron chi connectivity index (χ4n) is 12.9. The summed E-state index contributed by atoms with van der Waals surface area (Å²) in [5.74, 6) is -5.47. The van der Waals surface area contributed by atoms with E-state index in [9.17, 15) is 34.2 Å². The van der Waals surface area contributed by atoms with Crippen molar-refractivity contribution in [2.24, 2.45) is 23.7 Å². The number of halogens is 1. The number of fused-ring (bicyclic) bond motifs is 2. The summed E-state index contributed by atoms with van der Waals surface area (Å²) in [6.45, 7) is 20.2. The number of ketones is 1. The Kier molecular flexibility index (Phi) is 20.6. The van der Waals surface area contributed by atoms with E-state index in [1.165, 1.54) is 13.3 Å². The van der Waals surface area contributed by atoms with Gasteiger partial charge in [0.05, 0.1) is 63.7 Å². The van der Waals surface area contributed by atoms with Crippen molar-refractivity contribution in [3.63, 3.8) is 0 Å². The van der Waals surface area contributed by atoms with E-state index in [0.29, 0.717) is 60.7 Å². The highest BCUT2D eigenvalue weighted by molar-refractivity contribution is 6.34. The Hall–Kier alpha value is -4.00. The van der Waals surface area contributed by atoms with Crippen molar-refractivity contribution in [3.05, 3.63) is 39.1 Å². The topological polar surface area (TPSA) is 242 Å². The largest absolute Gasteiger partial charge is 0.509 e. The maximum absolute atomic E-state index is 14.8. The number of hydrogen-bond donors (Lipinski definition) is 3. The zero-order valence-electron chi connectivity index (χ0n) is 49.5. The molecular weight excluding hydrogens is 1060 g/mol. The van der Waals surface area contributed by atoms with Crippen LogP contribution in [0, 0.1) is 23.7 Å².